The van der Waals surface area contributed by atoms with E-state index in [1.165, 1.54) is 34.7 Å². The van der Waals surface area contributed by atoms with Gasteiger partial charge in [-0.3, -0.25) is 4.90 Å². The molecule has 3 aromatic rings. The fourth-order valence-electron chi connectivity index (χ4n) is 3.29. The van der Waals surface area contributed by atoms with Crippen molar-refractivity contribution in [2.45, 2.75) is 32.0 Å². The molecule has 2 nitrogen and oxygen atoms in total. The number of phenols is 1. The van der Waals surface area contributed by atoms with Gasteiger partial charge in [0.15, 0.2) is 0 Å². The molecule has 2 heteroatoms. The van der Waals surface area contributed by atoms with Crippen molar-refractivity contribution in [3.05, 3.63) is 77.9 Å². The average molecular weight is 303 g/mol. The first-order valence-electron chi connectivity index (χ1n) is 8.28. The smallest absolute Gasteiger partial charge is 0.115 e. The third kappa shape index (κ3) is 3.22. The van der Waals surface area contributed by atoms with Crippen molar-refractivity contribution in [1.29, 1.82) is 0 Å². The highest BCUT2D eigenvalue weighted by atomic mass is 16.3. The van der Waals surface area contributed by atoms with E-state index in [2.05, 4.69) is 53.4 Å². The summed E-state index contributed by atoms with van der Waals surface area (Å²) < 4.78 is 0. The molecule has 1 N–H and O–H groups in total. The Morgan fingerprint density at radius 3 is 2.48 bits per heavy atom. The van der Waals surface area contributed by atoms with Crippen molar-refractivity contribution >= 4 is 10.8 Å². The number of phenolic OH excluding ortho intramolecular Hbond substituents is 1. The van der Waals surface area contributed by atoms with Gasteiger partial charge in [0.25, 0.3) is 0 Å². The number of nitrogens with zero attached hydrogens (tertiary/aromatic N) is 1. The molecule has 0 radical (unpaired) electrons. The molecule has 0 unspecified atom stereocenters. The summed E-state index contributed by atoms with van der Waals surface area (Å²) in [7, 11) is 0. The molecule has 1 fully saturated rings. The normalized spacial score (nSPS) is 14.5. The van der Waals surface area contributed by atoms with Crippen molar-refractivity contribution in [2.75, 3.05) is 0 Å². The van der Waals surface area contributed by atoms with E-state index >= 15 is 0 Å². The van der Waals surface area contributed by atoms with Crippen molar-refractivity contribution < 1.29 is 5.11 Å². The number of fused-ring (bicyclic) bond motifs is 1. The zero-order chi connectivity index (χ0) is 15.6. The molecular weight excluding hydrogens is 282 g/mol. The third-order valence-corrected chi connectivity index (χ3v) is 4.61. The first kappa shape index (κ1) is 14.3. The van der Waals surface area contributed by atoms with Gasteiger partial charge in [-0.15, -0.1) is 0 Å². The Morgan fingerprint density at radius 2 is 1.65 bits per heavy atom. The quantitative estimate of drug-likeness (QED) is 0.738. The lowest BCUT2D eigenvalue weighted by Crippen LogP contribution is -2.25. The van der Waals surface area contributed by atoms with E-state index in [4.69, 9.17) is 0 Å². The summed E-state index contributed by atoms with van der Waals surface area (Å²) in [4.78, 5) is 2.54. The van der Waals surface area contributed by atoms with Crippen LogP contribution in [0.4, 0.5) is 0 Å². The Bertz CT molecular complexity index is 817. The SMILES string of the molecule is Oc1cccc(CN(Cc2cccc3ccccc23)C2CC2)c1. The molecule has 0 atom stereocenters. The minimum absolute atomic E-state index is 0.350. The highest BCUT2D eigenvalue weighted by Crippen LogP contribution is 2.31. The van der Waals surface area contributed by atoms with Gasteiger partial charge in [-0.2, -0.15) is 0 Å². The largest absolute Gasteiger partial charge is 0.508 e. The van der Waals surface area contributed by atoms with Crippen molar-refractivity contribution in [1.82, 2.24) is 4.90 Å². The predicted octanol–water partition coefficient (Wildman–Crippen LogP) is 4.71. The number of benzene rings is 3. The van der Waals surface area contributed by atoms with Gasteiger partial charge >= 0.3 is 0 Å². The fourth-order valence-corrected chi connectivity index (χ4v) is 3.29. The van der Waals surface area contributed by atoms with Gasteiger partial charge in [-0.25, -0.2) is 0 Å². The Hall–Kier alpha value is -2.32. The van der Waals surface area contributed by atoms with E-state index < -0.39 is 0 Å². The molecule has 0 spiro atoms. The first-order valence-corrected chi connectivity index (χ1v) is 8.28. The number of hydrogen-bond donors (Lipinski definition) is 1. The molecule has 116 valence electrons. The predicted molar refractivity (Wildman–Crippen MR) is 94.3 cm³/mol. The molecule has 3 aromatic carbocycles. The molecule has 1 aliphatic rings. The minimum atomic E-state index is 0.350. The van der Waals surface area contributed by atoms with Gasteiger partial charge < -0.3 is 5.11 Å². The summed E-state index contributed by atoms with van der Waals surface area (Å²) in [5, 5.41) is 12.3. The van der Waals surface area contributed by atoms with Crippen LogP contribution < -0.4 is 0 Å². The maximum atomic E-state index is 9.69. The minimum Gasteiger partial charge on any atom is -0.508 e. The lowest BCUT2D eigenvalue weighted by molar-refractivity contribution is 0.246. The van der Waals surface area contributed by atoms with Crippen LogP contribution in [0.3, 0.4) is 0 Å². The van der Waals surface area contributed by atoms with Gasteiger partial charge in [-0.05, 0) is 46.9 Å². The van der Waals surface area contributed by atoms with E-state index in [-0.39, 0.29) is 0 Å². The summed E-state index contributed by atoms with van der Waals surface area (Å²) in [5.74, 6) is 0.350. The molecule has 0 saturated heterocycles. The number of rotatable bonds is 5. The van der Waals surface area contributed by atoms with Gasteiger partial charge in [0.1, 0.15) is 5.75 Å². The number of aromatic hydroxyl groups is 1. The summed E-state index contributed by atoms with van der Waals surface area (Å²) in [6, 6.07) is 23.5. The summed E-state index contributed by atoms with van der Waals surface area (Å²) >= 11 is 0. The maximum Gasteiger partial charge on any atom is 0.115 e. The van der Waals surface area contributed by atoms with Crippen LogP contribution >= 0.6 is 0 Å². The Kier molecular flexibility index (Phi) is 3.76. The monoisotopic (exact) mass is 303 g/mol. The summed E-state index contributed by atoms with van der Waals surface area (Å²) in [5.41, 5.74) is 2.56. The summed E-state index contributed by atoms with van der Waals surface area (Å²) in [6.45, 7) is 1.85. The topological polar surface area (TPSA) is 23.5 Å². The van der Waals surface area contributed by atoms with Crippen LogP contribution in [0.5, 0.6) is 5.75 Å². The van der Waals surface area contributed by atoms with E-state index in [0.717, 1.165) is 13.1 Å². The van der Waals surface area contributed by atoms with E-state index in [9.17, 15) is 5.11 Å². The molecular formula is C21H21NO. The molecule has 4 rings (SSSR count). The zero-order valence-electron chi connectivity index (χ0n) is 13.2. The highest BCUT2D eigenvalue weighted by Gasteiger charge is 2.29. The molecule has 0 bridgehead atoms. The van der Waals surface area contributed by atoms with Crippen molar-refractivity contribution in [3.63, 3.8) is 0 Å². The van der Waals surface area contributed by atoms with E-state index in [1.54, 1.807) is 6.07 Å². The maximum absolute atomic E-state index is 9.69. The molecule has 0 heterocycles. The first-order chi connectivity index (χ1) is 11.3. The van der Waals surface area contributed by atoms with Gasteiger partial charge in [0.2, 0.25) is 0 Å². The standard InChI is InChI=1S/C21H21NO/c23-20-9-3-5-16(13-20)14-22(19-11-12-19)15-18-8-4-7-17-6-1-2-10-21(17)18/h1-10,13,19,23H,11-12,14-15H2. The number of hydrogen-bond acceptors (Lipinski definition) is 2. The zero-order valence-corrected chi connectivity index (χ0v) is 13.2. The van der Waals surface area contributed by atoms with Crippen LogP contribution in [0.2, 0.25) is 0 Å². The highest BCUT2D eigenvalue weighted by molar-refractivity contribution is 5.85. The molecule has 0 aliphatic heterocycles. The molecule has 0 aromatic heterocycles. The second-order valence-electron chi connectivity index (χ2n) is 6.44. The molecule has 23 heavy (non-hydrogen) atoms. The third-order valence-electron chi connectivity index (χ3n) is 4.61. The van der Waals surface area contributed by atoms with Crippen LogP contribution in [-0.4, -0.2) is 16.0 Å². The lowest BCUT2D eigenvalue weighted by Gasteiger charge is -2.23. The van der Waals surface area contributed by atoms with E-state index in [0.29, 0.717) is 11.8 Å². The van der Waals surface area contributed by atoms with Gasteiger partial charge in [-0.1, -0.05) is 54.6 Å². The molecule has 1 aliphatic carbocycles. The molecule has 0 amide bonds. The van der Waals surface area contributed by atoms with Crippen LogP contribution in [0.1, 0.15) is 24.0 Å². The van der Waals surface area contributed by atoms with Crippen molar-refractivity contribution in [3.8, 4) is 5.75 Å². The molecule has 1 saturated carbocycles. The average Bonchev–Trinajstić information content (AvgIpc) is 3.39. The second kappa shape index (κ2) is 6.05. The van der Waals surface area contributed by atoms with Crippen LogP contribution in [0.25, 0.3) is 10.8 Å². The summed E-state index contributed by atoms with van der Waals surface area (Å²) in [6.07, 6.45) is 2.56. The van der Waals surface area contributed by atoms with Crippen molar-refractivity contribution in [2.24, 2.45) is 0 Å². The van der Waals surface area contributed by atoms with Crippen LogP contribution in [0, 0.1) is 0 Å². The fraction of sp³-hybridized carbons (Fsp3) is 0.238. The Balaban J connectivity index is 1.61. The van der Waals surface area contributed by atoms with Crippen LogP contribution in [0.15, 0.2) is 66.7 Å². The van der Waals surface area contributed by atoms with Gasteiger partial charge in [0, 0.05) is 19.1 Å². The van der Waals surface area contributed by atoms with Crippen LogP contribution in [-0.2, 0) is 13.1 Å². The second-order valence-corrected chi connectivity index (χ2v) is 6.44. The Morgan fingerprint density at radius 1 is 0.870 bits per heavy atom. The Labute approximate surface area is 137 Å². The lowest BCUT2D eigenvalue weighted by atomic mass is 10.0. The van der Waals surface area contributed by atoms with Gasteiger partial charge in [0.05, 0.1) is 0 Å². The van der Waals surface area contributed by atoms with E-state index in [1.807, 2.05) is 12.1 Å².